The van der Waals surface area contributed by atoms with Crippen molar-refractivity contribution in [2.75, 3.05) is 0 Å². The van der Waals surface area contributed by atoms with Crippen LogP contribution in [0.25, 0.3) is 0 Å². The van der Waals surface area contributed by atoms with Gasteiger partial charge in [0.25, 0.3) is 0 Å². The highest BCUT2D eigenvalue weighted by atomic mass is 16.6. The molecule has 1 amide bonds. The number of carbonyl (C=O) groups excluding carboxylic acids is 2. The Kier molecular flexibility index (Phi) is 2.35. The van der Waals surface area contributed by atoms with Crippen LogP contribution in [0.5, 0.6) is 0 Å². The van der Waals surface area contributed by atoms with Gasteiger partial charge in [0, 0.05) is 17.5 Å². The first-order valence-electron chi connectivity index (χ1n) is 6.82. The number of ketones is 1. The summed E-state index contributed by atoms with van der Waals surface area (Å²) in [6.07, 6.45) is 0.379. The standard InChI is InChI=1S/C17H13NO3/c18-16(20)11-7-5-10(6-8-11)15-17(21-15)9-12-3-1-2-4-13(12)14(17)19/h1-8,15H,9H2,(H2,18,20)/t15-,17+/m0/s1. The zero-order chi connectivity index (χ0) is 14.6. The summed E-state index contributed by atoms with van der Waals surface area (Å²) in [5.41, 5.74) is 7.64. The number of nitrogens with two attached hydrogens (primary N) is 1. The molecule has 2 aromatic rings. The maximum atomic E-state index is 12.5. The normalized spacial score (nSPS) is 25.9. The topological polar surface area (TPSA) is 72.7 Å². The van der Waals surface area contributed by atoms with Gasteiger partial charge in [-0.15, -0.1) is 0 Å². The molecule has 1 fully saturated rings. The number of rotatable bonds is 2. The zero-order valence-corrected chi connectivity index (χ0v) is 11.2. The first kappa shape index (κ1) is 12.3. The lowest BCUT2D eigenvalue weighted by molar-refractivity contribution is 0.0893. The molecular formula is C17H13NO3. The molecule has 2 aliphatic rings. The van der Waals surface area contributed by atoms with Gasteiger partial charge in [0.1, 0.15) is 6.10 Å². The number of benzene rings is 2. The molecule has 21 heavy (non-hydrogen) atoms. The van der Waals surface area contributed by atoms with Crippen molar-refractivity contribution in [3.63, 3.8) is 0 Å². The van der Waals surface area contributed by atoms with Crippen LogP contribution in [-0.4, -0.2) is 17.3 Å². The van der Waals surface area contributed by atoms with Gasteiger partial charge in [0.2, 0.25) is 5.91 Å². The second kappa shape index (κ2) is 4.02. The molecule has 2 aromatic carbocycles. The van der Waals surface area contributed by atoms with E-state index in [0.29, 0.717) is 12.0 Å². The van der Waals surface area contributed by atoms with Crippen LogP contribution in [0.2, 0.25) is 0 Å². The second-order valence-electron chi connectivity index (χ2n) is 5.54. The van der Waals surface area contributed by atoms with E-state index in [2.05, 4.69) is 0 Å². The minimum absolute atomic E-state index is 0.0575. The summed E-state index contributed by atoms with van der Waals surface area (Å²) in [7, 11) is 0. The molecule has 1 aliphatic heterocycles. The lowest BCUT2D eigenvalue weighted by atomic mass is 9.95. The van der Waals surface area contributed by atoms with E-state index in [9.17, 15) is 9.59 Å². The highest BCUT2D eigenvalue weighted by Gasteiger charge is 2.65. The van der Waals surface area contributed by atoms with Gasteiger partial charge in [-0.25, -0.2) is 0 Å². The smallest absolute Gasteiger partial charge is 0.248 e. The molecule has 4 rings (SSSR count). The van der Waals surface area contributed by atoms with E-state index in [0.717, 1.165) is 16.7 Å². The second-order valence-corrected chi connectivity index (χ2v) is 5.54. The maximum absolute atomic E-state index is 12.5. The molecule has 1 spiro atoms. The van der Waals surface area contributed by atoms with E-state index in [4.69, 9.17) is 10.5 Å². The number of hydrogen-bond acceptors (Lipinski definition) is 3. The lowest BCUT2D eigenvalue weighted by Crippen LogP contribution is -2.20. The van der Waals surface area contributed by atoms with Crippen LogP contribution in [0.15, 0.2) is 48.5 Å². The molecule has 1 aliphatic carbocycles. The largest absolute Gasteiger partial charge is 0.366 e. The highest BCUT2D eigenvalue weighted by molar-refractivity contribution is 6.09. The van der Waals surface area contributed by atoms with Crippen molar-refractivity contribution in [2.45, 2.75) is 18.1 Å². The molecule has 0 saturated carbocycles. The number of Topliss-reactive ketones (excluding diaryl/α,β-unsaturated/α-hetero) is 1. The molecule has 0 unspecified atom stereocenters. The molecule has 0 bridgehead atoms. The zero-order valence-electron chi connectivity index (χ0n) is 11.2. The third kappa shape index (κ3) is 1.66. The SMILES string of the molecule is NC(=O)c1ccc([C@@H]2O[C@@]23Cc2ccccc2C3=O)cc1. The van der Waals surface area contributed by atoms with Crippen molar-refractivity contribution in [1.29, 1.82) is 0 Å². The van der Waals surface area contributed by atoms with E-state index in [-0.39, 0.29) is 11.9 Å². The third-order valence-corrected chi connectivity index (χ3v) is 4.29. The van der Waals surface area contributed by atoms with Gasteiger partial charge in [0.15, 0.2) is 11.4 Å². The van der Waals surface area contributed by atoms with Crippen LogP contribution in [0.3, 0.4) is 0 Å². The van der Waals surface area contributed by atoms with Gasteiger partial charge in [-0.2, -0.15) is 0 Å². The fourth-order valence-electron chi connectivity index (χ4n) is 3.13. The van der Waals surface area contributed by atoms with Gasteiger partial charge in [-0.1, -0.05) is 36.4 Å². The van der Waals surface area contributed by atoms with Crippen LogP contribution < -0.4 is 5.73 Å². The Hall–Kier alpha value is -2.46. The first-order chi connectivity index (χ1) is 10.1. The molecule has 0 aromatic heterocycles. The van der Waals surface area contributed by atoms with Crippen molar-refractivity contribution in [3.8, 4) is 0 Å². The molecule has 0 radical (unpaired) electrons. The maximum Gasteiger partial charge on any atom is 0.248 e. The Morgan fingerprint density at radius 1 is 1.14 bits per heavy atom. The number of primary amides is 1. The number of epoxide rings is 1. The van der Waals surface area contributed by atoms with Gasteiger partial charge >= 0.3 is 0 Å². The van der Waals surface area contributed by atoms with E-state index in [1.165, 1.54) is 0 Å². The number of ether oxygens (including phenoxy) is 1. The Labute approximate surface area is 121 Å². The minimum atomic E-state index is -0.738. The van der Waals surface area contributed by atoms with Crippen LogP contribution in [-0.2, 0) is 11.2 Å². The monoisotopic (exact) mass is 279 g/mol. The fraction of sp³-hybridized carbons (Fsp3) is 0.176. The summed E-state index contributed by atoms with van der Waals surface area (Å²) in [6, 6.07) is 14.6. The summed E-state index contributed by atoms with van der Waals surface area (Å²) in [5, 5.41) is 0. The van der Waals surface area contributed by atoms with Crippen LogP contribution in [0, 0.1) is 0 Å². The molecule has 2 N–H and O–H groups in total. The van der Waals surface area contributed by atoms with E-state index < -0.39 is 11.5 Å². The van der Waals surface area contributed by atoms with E-state index in [1.54, 1.807) is 24.3 Å². The number of hydrogen-bond donors (Lipinski definition) is 1. The molecular weight excluding hydrogens is 266 g/mol. The van der Waals surface area contributed by atoms with Gasteiger partial charge in [-0.3, -0.25) is 9.59 Å². The van der Waals surface area contributed by atoms with Crippen molar-refractivity contribution in [1.82, 2.24) is 0 Å². The summed E-state index contributed by atoms with van der Waals surface area (Å²) in [5.74, 6) is -0.403. The lowest BCUT2D eigenvalue weighted by Gasteiger charge is -2.02. The van der Waals surface area contributed by atoms with Crippen molar-refractivity contribution < 1.29 is 14.3 Å². The summed E-state index contributed by atoms with van der Waals surface area (Å²) in [6.45, 7) is 0. The van der Waals surface area contributed by atoms with Gasteiger partial charge in [-0.05, 0) is 23.3 Å². The molecule has 104 valence electrons. The first-order valence-corrected chi connectivity index (χ1v) is 6.82. The minimum Gasteiger partial charge on any atom is -0.366 e. The summed E-state index contributed by atoms with van der Waals surface area (Å²) < 4.78 is 5.78. The number of carbonyl (C=O) groups is 2. The van der Waals surface area contributed by atoms with Crippen molar-refractivity contribution in [3.05, 3.63) is 70.8 Å². The van der Waals surface area contributed by atoms with Crippen LogP contribution in [0.1, 0.15) is 37.9 Å². The highest BCUT2D eigenvalue weighted by Crippen LogP contribution is 2.56. The molecule has 2 atom stereocenters. The third-order valence-electron chi connectivity index (χ3n) is 4.29. The Bertz CT molecular complexity index is 766. The van der Waals surface area contributed by atoms with Gasteiger partial charge in [0.05, 0.1) is 0 Å². The number of amides is 1. The number of fused-ring (bicyclic) bond motifs is 1. The van der Waals surface area contributed by atoms with Crippen LogP contribution >= 0.6 is 0 Å². The summed E-state index contributed by atoms with van der Waals surface area (Å²) in [4.78, 5) is 23.6. The predicted octanol–water partition coefficient (Wildman–Crippen LogP) is 2.03. The molecule has 4 nitrogen and oxygen atoms in total. The quantitative estimate of drug-likeness (QED) is 0.855. The van der Waals surface area contributed by atoms with Crippen LogP contribution in [0.4, 0.5) is 0 Å². The van der Waals surface area contributed by atoms with Crippen molar-refractivity contribution in [2.24, 2.45) is 5.73 Å². The molecule has 4 heteroatoms. The summed E-state index contributed by atoms with van der Waals surface area (Å²) >= 11 is 0. The van der Waals surface area contributed by atoms with E-state index >= 15 is 0 Å². The Morgan fingerprint density at radius 3 is 2.52 bits per heavy atom. The molecule has 1 heterocycles. The fourth-order valence-corrected chi connectivity index (χ4v) is 3.13. The molecule has 1 saturated heterocycles. The predicted molar refractivity (Wildman–Crippen MR) is 76.0 cm³/mol. The average Bonchev–Trinajstić information content (AvgIpc) is 3.15. The van der Waals surface area contributed by atoms with E-state index in [1.807, 2.05) is 24.3 Å². The Morgan fingerprint density at radius 2 is 1.86 bits per heavy atom. The van der Waals surface area contributed by atoms with Gasteiger partial charge < -0.3 is 10.5 Å². The van der Waals surface area contributed by atoms with Crippen molar-refractivity contribution >= 4 is 11.7 Å². The Balaban J connectivity index is 1.64. The average molecular weight is 279 g/mol.